The van der Waals surface area contributed by atoms with Gasteiger partial charge in [-0.25, -0.2) is 9.78 Å². The van der Waals surface area contributed by atoms with Gasteiger partial charge in [0, 0.05) is 17.9 Å². The number of alkyl halides is 2. The van der Waals surface area contributed by atoms with E-state index in [0.717, 1.165) is 11.3 Å². The normalized spacial score (nSPS) is 17.5. The largest absolute Gasteiger partial charge is 0.469 e. The Hall–Kier alpha value is -3.23. The molecule has 2 aromatic rings. The van der Waals surface area contributed by atoms with Crippen LogP contribution in [0.1, 0.15) is 43.9 Å². The molecule has 7 nitrogen and oxygen atoms in total. The number of methoxy groups -OCH3 is 1. The molecule has 3 rings (SSSR count). The molecule has 9 heteroatoms. The zero-order valence-corrected chi connectivity index (χ0v) is 19.2. The molecule has 0 saturated heterocycles. The van der Waals surface area contributed by atoms with Gasteiger partial charge in [0.2, 0.25) is 5.88 Å². The lowest BCUT2D eigenvalue weighted by atomic mass is 9.74. The second-order valence-corrected chi connectivity index (χ2v) is 8.50. The molecule has 0 bridgehead atoms. The Morgan fingerprint density at radius 2 is 1.88 bits per heavy atom. The molecule has 33 heavy (non-hydrogen) atoms. The van der Waals surface area contributed by atoms with E-state index in [4.69, 9.17) is 4.74 Å². The molecule has 0 spiro atoms. The average Bonchev–Trinajstić information content (AvgIpc) is 2.74. The summed E-state index contributed by atoms with van der Waals surface area (Å²) in [5, 5.41) is 2.68. The number of urea groups is 1. The maximum absolute atomic E-state index is 13.4. The molecule has 0 atom stereocenters. The summed E-state index contributed by atoms with van der Waals surface area (Å²) in [6.07, 6.45) is 1.23. The van der Waals surface area contributed by atoms with Crippen molar-refractivity contribution in [3.63, 3.8) is 0 Å². The first-order valence-electron chi connectivity index (χ1n) is 10.9. The van der Waals surface area contributed by atoms with Gasteiger partial charge in [-0.1, -0.05) is 32.0 Å². The fraction of sp³-hybridized carbons (Fsp3) is 0.458. The topological polar surface area (TPSA) is 80.8 Å². The molecule has 1 aliphatic carbocycles. The molecule has 1 N–H and O–H groups in total. The fourth-order valence-electron chi connectivity index (χ4n) is 4.00. The van der Waals surface area contributed by atoms with Gasteiger partial charge in [0.05, 0.1) is 13.0 Å². The van der Waals surface area contributed by atoms with Gasteiger partial charge in [-0.15, -0.1) is 0 Å². The van der Waals surface area contributed by atoms with Crippen LogP contribution in [0.5, 0.6) is 5.88 Å². The lowest BCUT2D eigenvalue weighted by molar-refractivity contribution is -0.149. The molecule has 1 saturated carbocycles. The summed E-state index contributed by atoms with van der Waals surface area (Å²) >= 11 is 0. The number of carbonyl (C=O) groups is 2. The number of pyridine rings is 1. The number of nitrogens with one attached hydrogen (secondary N) is 1. The first kappa shape index (κ1) is 24.4. The Bertz CT molecular complexity index is 993. The van der Waals surface area contributed by atoms with Crippen molar-refractivity contribution in [2.75, 3.05) is 23.9 Å². The smallest absolute Gasteiger partial charge is 0.388 e. The van der Waals surface area contributed by atoms with E-state index >= 15 is 0 Å². The van der Waals surface area contributed by atoms with Gasteiger partial charge in [0.25, 0.3) is 0 Å². The van der Waals surface area contributed by atoms with Gasteiger partial charge in [0.15, 0.2) is 0 Å². The number of benzene rings is 1. The van der Waals surface area contributed by atoms with Gasteiger partial charge >= 0.3 is 18.6 Å². The van der Waals surface area contributed by atoms with E-state index in [1.807, 2.05) is 38.1 Å². The van der Waals surface area contributed by atoms with Crippen LogP contribution in [0.2, 0.25) is 0 Å². The number of esters is 1. The predicted molar refractivity (Wildman–Crippen MR) is 121 cm³/mol. The lowest BCUT2D eigenvalue weighted by Gasteiger charge is -2.37. The minimum absolute atomic E-state index is 0.0546. The SMILES string of the molecule is COC(=O)C1CC(CN(C(=O)Nc2ccc(C)nc2OC(F)F)c2ccccc2C(C)C)C1. The van der Waals surface area contributed by atoms with E-state index in [2.05, 4.69) is 15.0 Å². The number of anilines is 2. The van der Waals surface area contributed by atoms with Crippen molar-refractivity contribution in [3.05, 3.63) is 47.7 Å². The number of aromatic nitrogens is 1. The van der Waals surface area contributed by atoms with Gasteiger partial charge in [-0.2, -0.15) is 8.78 Å². The minimum Gasteiger partial charge on any atom is -0.469 e. The van der Waals surface area contributed by atoms with Crippen LogP contribution in [0.4, 0.5) is 25.0 Å². The summed E-state index contributed by atoms with van der Waals surface area (Å²) in [4.78, 5) is 30.8. The van der Waals surface area contributed by atoms with Crippen molar-refractivity contribution < 1.29 is 27.8 Å². The molecule has 1 fully saturated rings. The number of nitrogens with zero attached hydrogens (tertiary/aromatic N) is 2. The van der Waals surface area contributed by atoms with Crippen LogP contribution in [0.15, 0.2) is 36.4 Å². The molecule has 0 unspecified atom stereocenters. The lowest BCUT2D eigenvalue weighted by Crippen LogP contribution is -2.44. The standard InChI is InChI=1S/C24H29F2N3O4/c1-14(2)18-7-5-6-8-20(18)29(13-16-11-17(12-16)22(30)32-4)24(31)28-19-10-9-15(3)27-21(19)33-23(25)26/h5-10,14,16-17,23H,11-13H2,1-4H3,(H,28,31). The summed E-state index contributed by atoms with van der Waals surface area (Å²) in [6.45, 7) is 3.00. The Morgan fingerprint density at radius 1 is 1.18 bits per heavy atom. The van der Waals surface area contributed by atoms with Crippen LogP contribution in [-0.4, -0.2) is 37.3 Å². The van der Waals surface area contributed by atoms with Gasteiger partial charge in [-0.05, 0) is 55.4 Å². The monoisotopic (exact) mass is 461 g/mol. The molecule has 1 heterocycles. The van der Waals surface area contributed by atoms with Crippen molar-refractivity contribution in [2.45, 2.75) is 46.1 Å². The van der Waals surface area contributed by atoms with Crippen molar-refractivity contribution in [1.29, 1.82) is 0 Å². The Kier molecular flexibility index (Phi) is 7.84. The van der Waals surface area contributed by atoms with Gasteiger partial charge in [-0.3, -0.25) is 9.69 Å². The Labute approximate surface area is 192 Å². The molecule has 2 amide bonds. The number of para-hydroxylation sites is 1. The van der Waals surface area contributed by atoms with Crippen LogP contribution in [-0.2, 0) is 9.53 Å². The third-order valence-electron chi connectivity index (χ3n) is 5.75. The maximum atomic E-state index is 13.4. The molecule has 0 aliphatic heterocycles. The van der Waals surface area contributed by atoms with E-state index in [1.54, 1.807) is 17.9 Å². The Morgan fingerprint density at radius 3 is 2.52 bits per heavy atom. The van der Waals surface area contributed by atoms with E-state index < -0.39 is 12.6 Å². The second-order valence-electron chi connectivity index (χ2n) is 8.50. The average molecular weight is 462 g/mol. The van der Waals surface area contributed by atoms with E-state index in [-0.39, 0.29) is 35.3 Å². The molecule has 1 aromatic carbocycles. The molecule has 178 valence electrons. The highest BCUT2D eigenvalue weighted by Gasteiger charge is 2.37. The molecular formula is C24H29F2N3O4. The maximum Gasteiger partial charge on any atom is 0.388 e. The first-order chi connectivity index (χ1) is 15.7. The number of ether oxygens (including phenoxy) is 2. The molecule has 1 aromatic heterocycles. The Balaban J connectivity index is 1.87. The molecular weight excluding hydrogens is 432 g/mol. The number of amides is 2. The van der Waals surface area contributed by atoms with Crippen molar-refractivity contribution in [3.8, 4) is 5.88 Å². The van der Waals surface area contributed by atoms with Crippen molar-refractivity contribution in [2.24, 2.45) is 11.8 Å². The molecule has 0 radical (unpaired) electrons. The third kappa shape index (κ3) is 5.97. The minimum atomic E-state index is -3.07. The zero-order valence-electron chi connectivity index (χ0n) is 19.2. The summed E-state index contributed by atoms with van der Waals surface area (Å²) in [5.41, 5.74) is 2.23. The number of aryl methyl sites for hydroxylation is 1. The highest BCUT2D eigenvalue weighted by atomic mass is 19.3. The van der Waals surface area contributed by atoms with Crippen LogP contribution < -0.4 is 15.0 Å². The summed E-state index contributed by atoms with van der Waals surface area (Å²) < 4.78 is 35.1. The zero-order chi connectivity index (χ0) is 24.1. The van der Waals surface area contributed by atoms with E-state index in [9.17, 15) is 18.4 Å². The van der Waals surface area contributed by atoms with E-state index in [1.165, 1.54) is 13.2 Å². The summed E-state index contributed by atoms with van der Waals surface area (Å²) in [6, 6.07) is 10.2. The molecule has 1 aliphatic rings. The highest BCUT2D eigenvalue weighted by molar-refractivity contribution is 6.03. The van der Waals surface area contributed by atoms with Gasteiger partial charge in [0.1, 0.15) is 5.69 Å². The summed E-state index contributed by atoms with van der Waals surface area (Å²) in [7, 11) is 1.36. The quantitative estimate of drug-likeness (QED) is 0.536. The number of carbonyl (C=O) groups excluding carboxylic acids is 2. The van der Waals surface area contributed by atoms with E-state index in [0.29, 0.717) is 25.1 Å². The highest BCUT2D eigenvalue weighted by Crippen LogP contribution is 2.37. The number of hydrogen-bond donors (Lipinski definition) is 1. The van der Waals surface area contributed by atoms with Crippen molar-refractivity contribution in [1.82, 2.24) is 4.98 Å². The van der Waals surface area contributed by atoms with Crippen LogP contribution in [0.25, 0.3) is 0 Å². The third-order valence-corrected chi connectivity index (χ3v) is 5.75. The fourth-order valence-corrected chi connectivity index (χ4v) is 4.00. The first-order valence-corrected chi connectivity index (χ1v) is 10.9. The van der Waals surface area contributed by atoms with Crippen LogP contribution >= 0.6 is 0 Å². The predicted octanol–water partition coefficient (Wildman–Crippen LogP) is 5.35. The summed E-state index contributed by atoms with van der Waals surface area (Å²) in [5.74, 6) is -0.501. The van der Waals surface area contributed by atoms with Crippen LogP contribution in [0.3, 0.4) is 0 Å². The second kappa shape index (κ2) is 10.6. The number of hydrogen-bond acceptors (Lipinski definition) is 5. The van der Waals surface area contributed by atoms with Crippen molar-refractivity contribution >= 4 is 23.4 Å². The van der Waals surface area contributed by atoms with Gasteiger partial charge < -0.3 is 14.8 Å². The number of halogens is 2. The number of rotatable bonds is 8. The van der Waals surface area contributed by atoms with Crippen LogP contribution in [0, 0.1) is 18.8 Å².